The number of halogens is 3. The molecule has 4 aromatic rings. The summed E-state index contributed by atoms with van der Waals surface area (Å²) in [6.45, 7) is 0. The summed E-state index contributed by atoms with van der Waals surface area (Å²) >= 11 is 1.16. The first-order chi connectivity index (χ1) is 13.9. The van der Waals surface area contributed by atoms with Crippen LogP contribution >= 0.6 is 11.3 Å². The molecular weight excluding hydrogens is 407 g/mol. The molecule has 11 heteroatoms. The van der Waals surface area contributed by atoms with E-state index >= 15 is 0 Å². The summed E-state index contributed by atoms with van der Waals surface area (Å²) in [4.78, 5) is 24.4. The van der Waals surface area contributed by atoms with Crippen molar-refractivity contribution in [3.05, 3.63) is 71.5 Å². The van der Waals surface area contributed by atoms with E-state index in [1.54, 1.807) is 24.3 Å². The third kappa shape index (κ3) is 4.14. The molecule has 0 fully saturated rings. The van der Waals surface area contributed by atoms with Gasteiger partial charge in [-0.15, -0.1) is 11.3 Å². The summed E-state index contributed by atoms with van der Waals surface area (Å²) in [6.07, 6.45) is -0.686. The first-order valence-electron chi connectivity index (χ1n) is 8.09. The molecule has 0 amide bonds. The monoisotopic (exact) mass is 417 g/mol. The molecule has 3 heterocycles. The van der Waals surface area contributed by atoms with Crippen LogP contribution in [0.2, 0.25) is 0 Å². The molecule has 146 valence electrons. The minimum atomic E-state index is -4.56. The van der Waals surface area contributed by atoms with Gasteiger partial charge in [-0.2, -0.15) is 13.2 Å². The van der Waals surface area contributed by atoms with E-state index in [0.29, 0.717) is 10.6 Å². The number of nitrogens with zero attached hydrogens (tertiary/aromatic N) is 4. The largest absolute Gasteiger partial charge is 0.433 e. The third-order valence-electron chi connectivity index (χ3n) is 3.72. The number of anilines is 2. The average Bonchev–Trinajstić information content (AvgIpc) is 3.40. The number of carbonyl (C=O) groups excluding carboxylic acids is 1. The van der Waals surface area contributed by atoms with Gasteiger partial charge in [0.15, 0.2) is 10.7 Å². The van der Waals surface area contributed by atoms with Gasteiger partial charge < -0.3 is 9.84 Å². The molecule has 0 saturated carbocycles. The Hall–Kier alpha value is -3.60. The Morgan fingerprint density at radius 1 is 1.14 bits per heavy atom. The minimum absolute atomic E-state index is 0.156. The lowest BCUT2D eigenvalue weighted by Gasteiger charge is -2.09. The number of rotatable bonds is 5. The van der Waals surface area contributed by atoms with Crippen LogP contribution in [0.15, 0.2) is 59.6 Å². The highest BCUT2D eigenvalue weighted by Gasteiger charge is 2.32. The van der Waals surface area contributed by atoms with Crippen LogP contribution in [0.25, 0.3) is 10.4 Å². The van der Waals surface area contributed by atoms with Crippen molar-refractivity contribution in [1.82, 2.24) is 20.1 Å². The van der Waals surface area contributed by atoms with E-state index in [1.807, 2.05) is 0 Å². The van der Waals surface area contributed by atoms with Gasteiger partial charge in [-0.3, -0.25) is 4.79 Å². The maximum absolute atomic E-state index is 12.8. The molecule has 4 rings (SSSR count). The van der Waals surface area contributed by atoms with Crippen LogP contribution in [0.5, 0.6) is 0 Å². The summed E-state index contributed by atoms with van der Waals surface area (Å²) < 4.78 is 43.1. The summed E-state index contributed by atoms with van der Waals surface area (Å²) in [6, 6.07) is 9.10. The van der Waals surface area contributed by atoms with E-state index in [4.69, 9.17) is 0 Å². The SMILES string of the molecule is O=C(c1ccon1)c1ncc(-c2cccc(Nc3nccc(C(F)(F)F)n3)c2)s1. The Kier molecular flexibility index (Phi) is 4.80. The Morgan fingerprint density at radius 3 is 2.76 bits per heavy atom. The smallest absolute Gasteiger partial charge is 0.364 e. The van der Waals surface area contributed by atoms with Crippen molar-refractivity contribution in [2.75, 3.05) is 5.32 Å². The fourth-order valence-electron chi connectivity index (χ4n) is 2.41. The summed E-state index contributed by atoms with van der Waals surface area (Å²) in [5, 5.41) is 6.59. The summed E-state index contributed by atoms with van der Waals surface area (Å²) in [7, 11) is 0. The van der Waals surface area contributed by atoms with Crippen molar-refractivity contribution < 1.29 is 22.5 Å². The number of carbonyl (C=O) groups is 1. The molecule has 0 radical (unpaired) electrons. The first kappa shape index (κ1) is 18.7. The molecule has 0 bridgehead atoms. The molecule has 3 aromatic heterocycles. The fourth-order valence-corrected chi connectivity index (χ4v) is 3.27. The van der Waals surface area contributed by atoms with Gasteiger partial charge in [0.1, 0.15) is 12.0 Å². The summed E-state index contributed by atoms with van der Waals surface area (Å²) in [5.74, 6) is -0.537. The van der Waals surface area contributed by atoms with Gasteiger partial charge >= 0.3 is 6.18 Å². The first-order valence-corrected chi connectivity index (χ1v) is 8.90. The minimum Gasteiger partial charge on any atom is -0.364 e. The molecule has 0 unspecified atom stereocenters. The van der Waals surface area contributed by atoms with Gasteiger partial charge in [0.25, 0.3) is 0 Å². The normalized spacial score (nSPS) is 11.4. The molecule has 0 saturated heterocycles. The van der Waals surface area contributed by atoms with Crippen LogP contribution in [0.1, 0.15) is 21.2 Å². The molecule has 29 heavy (non-hydrogen) atoms. The van der Waals surface area contributed by atoms with Crippen LogP contribution in [0, 0.1) is 0 Å². The number of ketones is 1. The Balaban J connectivity index is 1.56. The highest BCUT2D eigenvalue weighted by molar-refractivity contribution is 7.17. The number of thiazole rings is 1. The van der Waals surface area contributed by atoms with Crippen molar-refractivity contribution in [1.29, 1.82) is 0 Å². The second kappa shape index (κ2) is 7.43. The Bertz CT molecular complexity index is 1160. The van der Waals surface area contributed by atoms with Crippen molar-refractivity contribution in [3.63, 3.8) is 0 Å². The standard InChI is InChI=1S/C18H10F3N5O2S/c19-18(20,21)14-4-6-22-17(25-14)24-11-3-1-2-10(8-11)13-9-23-16(29-13)15(27)12-5-7-28-26-12/h1-9H,(H,22,24,25). The van der Waals surface area contributed by atoms with Gasteiger partial charge in [-0.05, 0) is 23.8 Å². The van der Waals surface area contributed by atoms with E-state index in [9.17, 15) is 18.0 Å². The number of hydrogen-bond donors (Lipinski definition) is 1. The summed E-state index contributed by atoms with van der Waals surface area (Å²) in [5.41, 5.74) is 0.325. The van der Waals surface area contributed by atoms with Crippen molar-refractivity contribution in [3.8, 4) is 10.4 Å². The molecule has 0 atom stereocenters. The maximum atomic E-state index is 12.8. The molecule has 1 N–H and O–H groups in total. The lowest BCUT2D eigenvalue weighted by molar-refractivity contribution is -0.141. The van der Waals surface area contributed by atoms with Crippen molar-refractivity contribution in [2.45, 2.75) is 6.18 Å². The molecule has 0 aliphatic heterocycles. The molecule has 1 aromatic carbocycles. The zero-order valence-corrected chi connectivity index (χ0v) is 15.2. The fraction of sp³-hybridized carbons (Fsp3) is 0.0556. The molecule has 7 nitrogen and oxygen atoms in total. The molecular formula is C18H10F3N5O2S. The number of hydrogen-bond acceptors (Lipinski definition) is 8. The highest BCUT2D eigenvalue weighted by Crippen LogP contribution is 2.31. The van der Waals surface area contributed by atoms with Crippen LogP contribution < -0.4 is 5.32 Å². The zero-order valence-electron chi connectivity index (χ0n) is 14.3. The predicted molar refractivity (Wildman–Crippen MR) is 97.8 cm³/mol. The van der Waals surface area contributed by atoms with Gasteiger partial charge in [0.05, 0.1) is 4.88 Å². The lowest BCUT2D eigenvalue weighted by Crippen LogP contribution is -2.10. The van der Waals surface area contributed by atoms with E-state index in [1.165, 1.54) is 18.5 Å². The van der Waals surface area contributed by atoms with E-state index in [2.05, 4.69) is 29.9 Å². The molecule has 0 aliphatic rings. The van der Waals surface area contributed by atoms with Crippen LogP contribution in [0.4, 0.5) is 24.8 Å². The number of benzene rings is 1. The number of alkyl halides is 3. The quantitative estimate of drug-likeness (QED) is 0.475. The predicted octanol–water partition coefficient (Wildman–Crippen LogP) is 4.58. The third-order valence-corrected chi connectivity index (χ3v) is 4.76. The van der Waals surface area contributed by atoms with Gasteiger partial charge in [-0.1, -0.05) is 17.3 Å². The van der Waals surface area contributed by atoms with E-state index < -0.39 is 11.9 Å². The second-order valence-corrected chi connectivity index (χ2v) is 6.74. The van der Waals surface area contributed by atoms with Crippen molar-refractivity contribution >= 4 is 28.8 Å². The topological polar surface area (TPSA) is 93.8 Å². The average molecular weight is 417 g/mol. The molecule has 0 aliphatic carbocycles. The molecule has 0 spiro atoms. The number of nitrogens with one attached hydrogen (secondary N) is 1. The van der Waals surface area contributed by atoms with E-state index in [0.717, 1.165) is 29.2 Å². The maximum Gasteiger partial charge on any atom is 0.433 e. The Morgan fingerprint density at radius 2 is 2.00 bits per heavy atom. The second-order valence-electron chi connectivity index (χ2n) is 5.71. The van der Waals surface area contributed by atoms with Gasteiger partial charge in [-0.25, -0.2) is 15.0 Å². The number of aromatic nitrogens is 4. The Labute approximate surface area is 165 Å². The lowest BCUT2D eigenvalue weighted by atomic mass is 10.2. The van der Waals surface area contributed by atoms with Crippen molar-refractivity contribution in [2.24, 2.45) is 0 Å². The van der Waals surface area contributed by atoms with Gasteiger partial charge in [0, 0.05) is 24.1 Å². The van der Waals surface area contributed by atoms with E-state index in [-0.39, 0.29) is 22.4 Å². The van der Waals surface area contributed by atoms with Gasteiger partial charge in [0.2, 0.25) is 11.7 Å². The highest BCUT2D eigenvalue weighted by atomic mass is 32.1. The van der Waals surface area contributed by atoms with Crippen LogP contribution in [-0.4, -0.2) is 25.9 Å². The van der Waals surface area contributed by atoms with Crippen LogP contribution in [0.3, 0.4) is 0 Å². The zero-order chi connectivity index (χ0) is 20.4. The van der Waals surface area contributed by atoms with Crippen LogP contribution in [-0.2, 0) is 6.18 Å².